The summed E-state index contributed by atoms with van der Waals surface area (Å²) in [6.07, 6.45) is 6.08. The number of nitrogens with zero attached hydrogens (tertiary/aromatic N) is 2. The highest BCUT2D eigenvalue weighted by Gasteiger charge is 2.34. The molecule has 1 saturated heterocycles. The molecule has 1 fully saturated rings. The van der Waals surface area contributed by atoms with Crippen LogP contribution in [-0.4, -0.2) is 30.1 Å². The van der Waals surface area contributed by atoms with Gasteiger partial charge in [0, 0.05) is 18.1 Å². The summed E-state index contributed by atoms with van der Waals surface area (Å²) in [4.78, 5) is 19.4. The van der Waals surface area contributed by atoms with Crippen LogP contribution in [0.5, 0.6) is 5.75 Å². The van der Waals surface area contributed by atoms with Gasteiger partial charge in [-0.25, -0.2) is 4.98 Å². The van der Waals surface area contributed by atoms with Gasteiger partial charge >= 0.3 is 6.61 Å². The zero-order valence-electron chi connectivity index (χ0n) is 14.7. The van der Waals surface area contributed by atoms with E-state index in [1.807, 2.05) is 5.38 Å². The van der Waals surface area contributed by atoms with Crippen LogP contribution in [0.4, 0.5) is 13.9 Å². The van der Waals surface area contributed by atoms with Crippen molar-refractivity contribution in [1.29, 1.82) is 0 Å². The van der Waals surface area contributed by atoms with E-state index < -0.39 is 6.61 Å². The Hall–Kier alpha value is -2.22. The summed E-state index contributed by atoms with van der Waals surface area (Å²) in [6, 6.07) is 4.71. The first-order chi connectivity index (χ1) is 13.1. The Bertz CT molecular complexity index is 800. The highest BCUT2D eigenvalue weighted by molar-refractivity contribution is 7.13. The molecule has 1 aliphatic heterocycles. The monoisotopic (exact) mass is 393 g/mol. The molecule has 0 bridgehead atoms. The summed E-state index contributed by atoms with van der Waals surface area (Å²) >= 11 is 1.54. The molecule has 1 aromatic carbocycles. The third-order valence-corrected chi connectivity index (χ3v) is 6.00. The average molecular weight is 393 g/mol. The van der Waals surface area contributed by atoms with E-state index in [1.54, 1.807) is 35.7 Å². The molecule has 1 aliphatic carbocycles. The fourth-order valence-corrected chi connectivity index (χ4v) is 4.73. The number of fused-ring (bicyclic) bond motifs is 1. The minimum Gasteiger partial charge on any atom is -0.435 e. The van der Waals surface area contributed by atoms with E-state index in [2.05, 4.69) is 19.9 Å². The zero-order chi connectivity index (χ0) is 18.8. The van der Waals surface area contributed by atoms with Crippen LogP contribution in [0.3, 0.4) is 0 Å². The second-order valence-corrected chi connectivity index (χ2v) is 7.73. The summed E-state index contributed by atoms with van der Waals surface area (Å²) in [7, 11) is 0. The number of carbonyl (C=O) groups excluding carboxylic acids is 1. The van der Waals surface area contributed by atoms with E-state index in [1.165, 1.54) is 0 Å². The van der Waals surface area contributed by atoms with E-state index in [4.69, 9.17) is 0 Å². The molecule has 4 rings (SSSR count). The highest BCUT2D eigenvalue weighted by atomic mass is 32.1. The molecular weight excluding hydrogens is 372 g/mol. The number of nitrogens with one attached hydrogen (secondary N) is 1. The van der Waals surface area contributed by atoms with Crippen molar-refractivity contribution in [2.75, 3.05) is 11.4 Å². The van der Waals surface area contributed by atoms with E-state index >= 15 is 0 Å². The van der Waals surface area contributed by atoms with Gasteiger partial charge < -0.3 is 15.0 Å². The molecule has 1 aromatic heterocycles. The predicted molar refractivity (Wildman–Crippen MR) is 99.4 cm³/mol. The number of carbonyl (C=O) groups is 1. The number of hydrogen-bond acceptors (Lipinski definition) is 5. The number of anilines is 1. The van der Waals surface area contributed by atoms with Crippen molar-refractivity contribution in [3.05, 3.63) is 40.9 Å². The van der Waals surface area contributed by atoms with E-state index in [0.29, 0.717) is 0 Å². The van der Waals surface area contributed by atoms with Gasteiger partial charge in [-0.3, -0.25) is 4.79 Å². The number of hydrogen-bond donors (Lipinski definition) is 1. The van der Waals surface area contributed by atoms with Crippen LogP contribution in [0.15, 0.2) is 29.8 Å². The molecule has 0 unspecified atom stereocenters. The van der Waals surface area contributed by atoms with Gasteiger partial charge in [-0.05, 0) is 55.4 Å². The van der Waals surface area contributed by atoms with Gasteiger partial charge in [-0.1, -0.05) is 6.07 Å². The van der Waals surface area contributed by atoms with Crippen molar-refractivity contribution in [3.8, 4) is 5.75 Å². The van der Waals surface area contributed by atoms with Crippen LogP contribution >= 0.6 is 11.3 Å². The Morgan fingerprint density at radius 3 is 3.00 bits per heavy atom. The van der Waals surface area contributed by atoms with Gasteiger partial charge in [-0.15, -0.1) is 11.3 Å². The van der Waals surface area contributed by atoms with Crippen molar-refractivity contribution >= 4 is 22.4 Å². The summed E-state index contributed by atoms with van der Waals surface area (Å²) in [5.74, 6) is 0.176. The van der Waals surface area contributed by atoms with Crippen molar-refractivity contribution in [1.82, 2.24) is 10.3 Å². The fourth-order valence-electron chi connectivity index (χ4n) is 4.01. The number of rotatable bonds is 5. The lowest BCUT2D eigenvalue weighted by Crippen LogP contribution is -2.45. The molecule has 2 aromatic rings. The Morgan fingerprint density at radius 2 is 2.22 bits per heavy atom. The summed E-state index contributed by atoms with van der Waals surface area (Å²) < 4.78 is 29.4. The largest absolute Gasteiger partial charge is 0.435 e. The minimum atomic E-state index is -2.83. The molecule has 5 nitrogen and oxygen atoms in total. The van der Waals surface area contributed by atoms with Gasteiger partial charge in [0.1, 0.15) is 11.8 Å². The van der Waals surface area contributed by atoms with Crippen LogP contribution in [0.1, 0.15) is 42.9 Å². The van der Waals surface area contributed by atoms with Crippen molar-refractivity contribution in [2.24, 2.45) is 0 Å². The zero-order valence-corrected chi connectivity index (χ0v) is 15.6. The smallest absolute Gasteiger partial charge is 0.387 e. The maximum Gasteiger partial charge on any atom is 0.387 e. The Kier molecular flexibility index (Phi) is 5.24. The van der Waals surface area contributed by atoms with Gasteiger partial charge in [0.2, 0.25) is 5.91 Å². The quantitative estimate of drug-likeness (QED) is 0.837. The van der Waals surface area contributed by atoms with Crippen LogP contribution in [0.25, 0.3) is 0 Å². The van der Waals surface area contributed by atoms with E-state index in [9.17, 15) is 13.6 Å². The average Bonchev–Trinajstić information content (AvgIpc) is 3.32. The molecule has 1 N–H and O–H groups in total. The summed E-state index contributed by atoms with van der Waals surface area (Å²) in [6.45, 7) is -2.00. The van der Waals surface area contributed by atoms with Crippen molar-refractivity contribution in [2.45, 2.75) is 50.8 Å². The molecular formula is C19H21F2N3O2S. The van der Waals surface area contributed by atoms with Crippen LogP contribution in [0.2, 0.25) is 0 Å². The molecule has 0 saturated carbocycles. The number of ether oxygens (including phenoxy) is 1. The first-order valence-electron chi connectivity index (χ1n) is 9.16. The normalized spacial score (nSPS) is 22.0. The molecule has 144 valence electrons. The molecule has 2 heterocycles. The molecule has 0 radical (unpaired) electrons. The highest BCUT2D eigenvalue weighted by Crippen LogP contribution is 2.34. The molecule has 27 heavy (non-hydrogen) atoms. The maximum absolute atomic E-state index is 12.9. The van der Waals surface area contributed by atoms with Crippen LogP contribution in [0, 0.1) is 0 Å². The third kappa shape index (κ3) is 3.90. The predicted octanol–water partition coefficient (Wildman–Crippen LogP) is 3.91. The number of alkyl halides is 2. The first-order valence-corrected chi connectivity index (χ1v) is 10.0. The third-order valence-electron chi connectivity index (χ3n) is 5.19. The molecule has 2 aliphatic rings. The fraction of sp³-hybridized carbons (Fsp3) is 0.474. The minimum absolute atomic E-state index is 0.00783. The first kappa shape index (κ1) is 18.2. The number of halogens is 2. The summed E-state index contributed by atoms with van der Waals surface area (Å²) in [5.41, 5.74) is 1.96. The standard InChI is InChI=1S/C19H21F2N3O2S/c20-18(21)26-13-6-7-14-12(11-13)3-1-4-15(14)23-17(25)16-5-2-9-24(16)19-22-8-10-27-19/h6-8,10-11,15-16,18H,1-5,9H2,(H,23,25)/t15-,16+/m0/s1. The Balaban J connectivity index is 1.48. The number of thiazole rings is 1. The van der Waals surface area contributed by atoms with Crippen molar-refractivity contribution in [3.63, 3.8) is 0 Å². The molecule has 2 atom stereocenters. The molecule has 8 heteroatoms. The second kappa shape index (κ2) is 7.80. The lowest BCUT2D eigenvalue weighted by Gasteiger charge is -2.30. The number of amides is 1. The Morgan fingerprint density at radius 1 is 1.33 bits per heavy atom. The summed E-state index contributed by atoms with van der Waals surface area (Å²) in [5, 5.41) is 5.97. The van der Waals surface area contributed by atoms with Gasteiger partial charge in [0.15, 0.2) is 5.13 Å². The lowest BCUT2D eigenvalue weighted by atomic mass is 9.87. The number of benzene rings is 1. The Labute approximate surface area is 160 Å². The topological polar surface area (TPSA) is 54.5 Å². The van der Waals surface area contributed by atoms with E-state index in [0.717, 1.165) is 54.9 Å². The molecule has 1 amide bonds. The maximum atomic E-state index is 12.9. The van der Waals surface area contributed by atoms with Gasteiger partial charge in [0.25, 0.3) is 0 Å². The number of aromatic nitrogens is 1. The number of aryl methyl sites for hydroxylation is 1. The lowest BCUT2D eigenvalue weighted by molar-refractivity contribution is -0.123. The van der Waals surface area contributed by atoms with Crippen molar-refractivity contribution < 1.29 is 18.3 Å². The van der Waals surface area contributed by atoms with Gasteiger partial charge in [-0.2, -0.15) is 8.78 Å². The van der Waals surface area contributed by atoms with E-state index in [-0.39, 0.29) is 23.7 Å². The SMILES string of the molecule is O=C(N[C@H]1CCCc2cc(OC(F)F)ccc21)[C@H]1CCCN1c1nccs1. The van der Waals surface area contributed by atoms with Crippen LogP contribution in [-0.2, 0) is 11.2 Å². The molecule has 0 spiro atoms. The van der Waals surface area contributed by atoms with Crippen LogP contribution < -0.4 is 15.0 Å². The van der Waals surface area contributed by atoms with Gasteiger partial charge in [0.05, 0.1) is 6.04 Å². The second-order valence-electron chi connectivity index (χ2n) is 6.86.